The van der Waals surface area contributed by atoms with Crippen LogP contribution in [0.15, 0.2) is 59.5 Å². The Bertz CT molecular complexity index is 736. The van der Waals surface area contributed by atoms with Crippen LogP contribution < -0.4 is 5.32 Å². The molecule has 0 aliphatic carbocycles. The molecule has 2 aromatic rings. The molecule has 6 heteroatoms. The molecular formula is C20H23NO4S. The van der Waals surface area contributed by atoms with Crippen LogP contribution in [0.4, 0.5) is 0 Å². The second-order valence-corrected chi connectivity index (χ2v) is 7.04. The van der Waals surface area contributed by atoms with E-state index in [2.05, 4.69) is 5.32 Å². The van der Waals surface area contributed by atoms with E-state index in [1.54, 1.807) is 31.2 Å². The van der Waals surface area contributed by atoms with Crippen LogP contribution in [0.3, 0.4) is 0 Å². The van der Waals surface area contributed by atoms with Crippen LogP contribution in [0.1, 0.15) is 35.9 Å². The SMILES string of the molecule is CCOC(CNC(=O)c1ccccc1SC(C)C(=O)O)c1ccccc1. The zero-order valence-electron chi connectivity index (χ0n) is 14.8. The van der Waals surface area contributed by atoms with Gasteiger partial charge in [-0.05, 0) is 31.5 Å². The van der Waals surface area contributed by atoms with Gasteiger partial charge in [0.1, 0.15) is 5.25 Å². The van der Waals surface area contributed by atoms with Gasteiger partial charge in [-0.1, -0.05) is 42.5 Å². The molecule has 2 unspecified atom stereocenters. The molecule has 5 nitrogen and oxygen atoms in total. The first kappa shape index (κ1) is 20.0. The monoisotopic (exact) mass is 373 g/mol. The highest BCUT2D eigenvalue weighted by Crippen LogP contribution is 2.27. The van der Waals surface area contributed by atoms with Crippen molar-refractivity contribution in [3.05, 3.63) is 65.7 Å². The van der Waals surface area contributed by atoms with Crippen molar-refractivity contribution in [3.8, 4) is 0 Å². The van der Waals surface area contributed by atoms with Gasteiger partial charge in [-0.25, -0.2) is 0 Å². The second kappa shape index (κ2) is 9.99. The topological polar surface area (TPSA) is 75.6 Å². The Balaban J connectivity index is 2.08. The first-order valence-electron chi connectivity index (χ1n) is 8.46. The van der Waals surface area contributed by atoms with E-state index in [1.807, 2.05) is 37.3 Å². The van der Waals surface area contributed by atoms with Crippen molar-refractivity contribution in [1.29, 1.82) is 0 Å². The molecule has 0 radical (unpaired) electrons. The van der Waals surface area contributed by atoms with Crippen molar-refractivity contribution in [2.45, 2.75) is 30.1 Å². The fourth-order valence-electron chi connectivity index (χ4n) is 2.42. The van der Waals surface area contributed by atoms with Crippen molar-refractivity contribution in [1.82, 2.24) is 5.32 Å². The van der Waals surface area contributed by atoms with Gasteiger partial charge in [-0.3, -0.25) is 9.59 Å². The molecule has 26 heavy (non-hydrogen) atoms. The maximum atomic E-state index is 12.6. The van der Waals surface area contributed by atoms with Crippen molar-refractivity contribution in [2.24, 2.45) is 0 Å². The van der Waals surface area contributed by atoms with Crippen molar-refractivity contribution >= 4 is 23.6 Å². The molecule has 0 saturated carbocycles. The van der Waals surface area contributed by atoms with Crippen molar-refractivity contribution < 1.29 is 19.4 Å². The quantitative estimate of drug-likeness (QED) is 0.655. The summed E-state index contributed by atoms with van der Waals surface area (Å²) < 4.78 is 5.74. The number of carbonyl (C=O) groups excluding carboxylic acids is 1. The molecule has 0 heterocycles. The standard InChI is InChI=1S/C20H23NO4S/c1-3-25-17(15-9-5-4-6-10-15)13-21-19(22)16-11-7-8-12-18(16)26-14(2)20(23)24/h4-12,14,17H,3,13H2,1-2H3,(H,21,22)(H,23,24). The highest BCUT2D eigenvalue weighted by Gasteiger charge is 2.19. The lowest BCUT2D eigenvalue weighted by molar-refractivity contribution is -0.136. The fourth-order valence-corrected chi connectivity index (χ4v) is 3.35. The minimum Gasteiger partial charge on any atom is -0.480 e. The zero-order valence-corrected chi connectivity index (χ0v) is 15.7. The predicted octanol–water partition coefficient (Wildman–Crippen LogP) is 3.76. The molecule has 0 aliphatic heterocycles. The van der Waals surface area contributed by atoms with Crippen molar-refractivity contribution in [3.63, 3.8) is 0 Å². The highest BCUT2D eigenvalue weighted by molar-refractivity contribution is 8.00. The van der Waals surface area contributed by atoms with Crippen LogP contribution in [-0.2, 0) is 9.53 Å². The van der Waals surface area contributed by atoms with Crippen LogP contribution in [0.5, 0.6) is 0 Å². The number of rotatable bonds is 9. The van der Waals surface area contributed by atoms with Crippen LogP contribution in [0.2, 0.25) is 0 Å². The van der Waals surface area contributed by atoms with Crippen LogP contribution in [0, 0.1) is 0 Å². The zero-order chi connectivity index (χ0) is 18.9. The van der Waals surface area contributed by atoms with E-state index in [4.69, 9.17) is 9.84 Å². The number of aliphatic carboxylic acids is 1. The molecule has 2 N–H and O–H groups in total. The van der Waals surface area contributed by atoms with Gasteiger partial charge in [0.2, 0.25) is 0 Å². The Morgan fingerprint density at radius 3 is 2.42 bits per heavy atom. The third-order valence-corrected chi connectivity index (χ3v) is 4.94. The summed E-state index contributed by atoms with van der Waals surface area (Å²) in [6.07, 6.45) is -0.233. The van der Waals surface area contributed by atoms with E-state index >= 15 is 0 Å². The lowest BCUT2D eigenvalue weighted by Gasteiger charge is -2.19. The molecule has 0 aromatic heterocycles. The summed E-state index contributed by atoms with van der Waals surface area (Å²) in [4.78, 5) is 24.4. The summed E-state index contributed by atoms with van der Waals surface area (Å²) in [5.41, 5.74) is 1.46. The van der Waals surface area contributed by atoms with E-state index in [0.29, 0.717) is 23.6 Å². The third kappa shape index (κ3) is 5.61. The summed E-state index contributed by atoms with van der Waals surface area (Å²) >= 11 is 1.16. The molecule has 138 valence electrons. The third-order valence-electron chi connectivity index (χ3n) is 3.77. The molecular weight excluding hydrogens is 350 g/mol. The number of carbonyl (C=O) groups is 2. The number of hydrogen-bond donors (Lipinski definition) is 2. The number of carboxylic acid groups (broad SMARTS) is 1. The van der Waals surface area contributed by atoms with Crippen LogP contribution in [-0.4, -0.2) is 35.4 Å². The Hall–Kier alpha value is -2.31. The molecule has 0 fully saturated rings. The molecule has 0 aliphatic rings. The summed E-state index contributed by atoms with van der Waals surface area (Å²) in [5, 5.41) is 11.4. The van der Waals surface area contributed by atoms with Gasteiger partial charge in [0.25, 0.3) is 5.91 Å². The van der Waals surface area contributed by atoms with Crippen LogP contribution in [0.25, 0.3) is 0 Å². The highest BCUT2D eigenvalue weighted by atomic mass is 32.2. The van der Waals surface area contributed by atoms with Gasteiger partial charge < -0.3 is 15.2 Å². The number of thioether (sulfide) groups is 1. The number of amides is 1. The second-order valence-electron chi connectivity index (χ2n) is 5.66. The van der Waals surface area contributed by atoms with E-state index < -0.39 is 11.2 Å². The Morgan fingerprint density at radius 2 is 1.77 bits per heavy atom. The summed E-state index contributed by atoms with van der Waals surface area (Å²) in [7, 11) is 0. The molecule has 2 aromatic carbocycles. The smallest absolute Gasteiger partial charge is 0.316 e. The fraction of sp³-hybridized carbons (Fsp3) is 0.300. The summed E-state index contributed by atoms with van der Waals surface area (Å²) in [6, 6.07) is 16.7. The van der Waals surface area contributed by atoms with Gasteiger partial charge >= 0.3 is 5.97 Å². The Labute approximate surface area is 157 Å². The van der Waals surface area contributed by atoms with Gasteiger partial charge in [0.05, 0.1) is 11.7 Å². The number of ether oxygens (including phenoxy) is 1. The normalized spacial score (nSPS) is 13.0. The summed E-state index contributed by atoms with van der Waals surface area (Å²) in [6.45, 7) is 4.39. The minimum atomic E-state index is -0.911. The Kier molecular flexibility index (Phi) is 7.69. The average Bonchev–Trinajstić information content (AvgIpc) is 2.66. The average molecular weight is 373 g/mol. The molecule has 1 amide bonds. The lowest BCUT2D eigenvalue weighted by atomic mass is 10.1. The summed E-state index contributed by atoms with van der Waals surface area (Å²) in [5.74, 6) is -1.16. The van der Waals surface area contributed by atoms with Crippen LogP contribution >= 0.6 is 11.8 Å². The maximum absolute atomic E-state index is 12.6. The van der Waals surface area contributed by atoms with E-state index in [1.165, 1.54) is 0 Å². The largest absolute Gasteiger partial charge is 0.480 e. The number of hydrogen-bond acceptors (Lipinski definition) is 4. The molecule has 0 spiro atoms. The van der Waals surface area contributed by atoms with Gasteiger partial charge in [-0.15, -0.1) is 11.8 Å². The van der Waals surface area contributed by atoms with E-state index in [9.17, 15) is 9.59 Å². The molecule has 0 bridgehead atoms. The van der Waals surface area contributed by atoms with E-state index in [-0.39, 0.29) is 12.0 Å². The maximum Gasteiger partial charge on any atom is 0.316 e. The number of carboxylic acids is 1. The number of nitrogens with one attached hydrogen (secondary N) is 1. The number of benzene rings is 2. The van der Waals surface area contributed by atoms with E-state index in [0.717, 1.165) is 17.3 Å². The predicted molar refractivity (Wildman–Crippen MR) is 103 cm³/mol. The molecule has 0 saturated heterocycles. The lowest BCUT2D eigenvalue weighted by Crippen LogP contribution is -2.30. The first-order chi connectivity index (χ1) is 12.5. The van der Waals surface area contributed by atoms with Crippen molar-refractivity contribution in [2.75, 3.05) is 13.2 Å². The van der Waals surface area contributed by atoms with Gasteiger partial charge in [-0.2, -0.15) is 0 Å². The van der Waals surface area contributed by atoms with Gasteiger partial charge in [0.15, 0.2) is 0 Å². The minimum absolute atomic E-state index is 0.233. The first-order valence-corrected chi connectivity index (χ1v) is 9.34. The molecule has 2 rings (SSSR count). The Morgan fingerprint density at radius 1 is 1.12 bits per heavy atom. The van der Waals surface area contributed by atoms with Gasteiger partial charge in [0, 0.05) is 18.0 Å². The molecule has 2 atom stereocenters.